The zero-order chi connectivity index (χ0) is 13.3. The number of rotatable bonds is 3. The molecule has 0 atom stereocenters. The minimum Gasteiger partial charge on any atom is -0.478 e. The first-order chi connectivity index (χ1) is 8.08. The second kappa shape index (κ2) is 10.8. The van der Waals surface area contributed by atoms with Crippen LogP contribution >= 0.6 is 0 Å². The van der Waals surface area contributed by atoms with Crippen LogP contribution in [0.2, 0.25) is 0 Å². The van der Waals surface area contributed by atoms with Crippen LogP contribution in [0.3, 0.4) is 0 Å². The van der Waals surface area contributed by atoms with E-state index in [0.717, 1.165) is 19.3 Å². The summed E-state index contributed by atoms with van der Waals surface area (Å²) in [6.45, 7) is 0. The maximum atomic E-state index is 11.1. The van der Waals surface area contributed by atoms with Crippen LogP contribution in [-0.2, 0) is 9.59 Å². The standard InChI is InChI=1S/C10H10N2O3.CH4O.Na/c11-7-1-3-8(4-2-7)12-9(13)5-6-10(14)15;1-2;/h1-6H,11H2,(H,12,13)(H,14,15);2H,1H3;. The van der Waals surface area contributed by atoms with Crippen LogP contribution in [-0.4, -0.2) is 58.8 Å². The third-order valence-electron chi connectivity index (χ3n) is 1.56. The first-order valence-electron chi connectivity index (χ1n) is 4.60. The molecule has 18 heavy (non-hydrogen) atoms. The number of nitrogens with two attached hydrogens (primary N) is 1. The van der Waals surface area contributed by atoms with E-state index in [-0.39, 0.29) is 29.6 Å². The number of carboxylic acid groups (broad SMARTS) is 1. The summed E-state index contributed by atoms with van der Waals surface area (Å²) in [5.41, 5.74) is 6.60. The molecule has 6 nitrogen and oxygen atoms in total. The van der Waals surface area contributed by atoms with E-state index in [1.807, 2.05) is 0 Å². The number of anilines is 2. The van der Waals surface area contributed by atoms with Crippen LogP contribution in [0.15, 0.2) is 36.4 Å². The first kappa shape index (κ1) is 19.0. The Kier molecular flexibility index (Phi) is 11.4. The number of nitrogens with one attached hydrogen (secondary N) is 1. The molecule has 93 valence electrons. The van der Waals surface area contributed by atoms with E-state index >= 15 is 0 Å². The van der Waals surface area contributed by atoms with Crippen molar-refractivity contribution in [2.45, 2.75) is 0 Å². The maximum Gasteiger partial charge on any atom is 0.328 e. The average Bonchev–Trinajstić information content (AvgIpc) is 2.32. The van der Waals surface area contributed by atoms with E-state index in [9.17, 15) is 9.59 Å². The Hall–Kier alpha value is -1.34. The average molecular weight is 261 g/mol. The predicted molar refractivity (Wildman–Crippen MR) is 70.2 cm³/mol. The summed E-state index contributed by atoms with van der Waals surface area (Å²) in [5, 5.41) is 17.8. The van der Waals surface area contributed by atoms with E-state index in [4.69, 9.17) is 15.9 Å². The minimum atomic E-state index is -1.16. The van der Waals surface area contributed by atoms with Gasteiger partial charge in [0.2, 0.25) is 5.91 Å². The summed E-state index contributed by atoms with van der Waals surface area (Å²) in [6, 6.07) is 6.52. The quantitative estimate of drug-likeness (QED) is 0.349. The van der Waals surface area contributed by atoms with Gasteiger partial charge in [-0.15, -0.1) is 0 Å². The van der Waals surface area contributed by atoms with Gasteiger partial charge in [-0.2, -0.15) is 0 Å². The molecule has 0 bridgehead atoms. The van der Waals surface area contributed by atoms with E-state index in [1.165, 1.54) is 0 Å². The van der Waals surface area contributed by atoms with E-state index in [2.05, 4.69) is 5.32 Å². The molecule has 1 aromatic rings. The number of carboxylic acids is 1. The van der Waals surface area contributed by atoms with Crippen LogP contribution in [0.1, 0.15) is 0 Å². The Morgan fingerprint density at radius 3 is 2.11 bits per heavy atom. The molecule has 0 fully saturated rings. The van der Waals surface area contributed by atoms with E-state index in [1.54, 1.807) is 24.3 Å². The third-order valence-corrected chi connectivity index (χ3v) is 1.56. The Morgan fingerprint density at radius 1 is 1.17 bits per heavy atom. The topological polar surface area (TPSA) is 113 Å². The van der Waals surface area contributed by atoms with Gasteiger partial charge in [-0.05, 0) is 24.3 Å². The molecule has 7 heteroatoms. The molecule has 0 spiro atoms. The molecule has 0 aliphatic heterocycles. The molecule has 1 aromatic carbocycles. The van der Waals surface area contributed by atoms with Crippen LogP contribution in [0.5, 0.6) is 0 Å². The smallest absolute Gasteiger partial charge is 0.328 e. The number of hydrogen-bond acceptors (Lipinski definition) is 4. The van der Waals surface area contributed by atoms with Gasteiger partial charge in [0.15, 0.2) is 0 Å². The minimum absolute atomic E-state index is 0. The molecule has 0 aliphatic carbocycles. The van der Waals surface area contributed by atoms with Gasteiger partial charge in [-0.1, -0.05) is 0 Å². The Bertz CT molecular complexity index is 404. The molecule has 0 saturated carbocycles. The van der Waals surface area contributed by atoms with Crippen molar-refractivity contribution in [3.8, 4) is 0 Å². The van der Waals surface area contributed by atoms with Gasteiger partial charge in [0.1, 0.15) is 0 Å². The van der Waals surface area contributed by atoms with Crippen molar-refractivity contribution >= 4 is 52.8 Å². The molecule has 1 amide bonds. The predicted octanol–water partition coefficient (Wildman–Crippen LogP) is 0.0758. The molecular weight excluding hydrogens is 247 g/mol. The number of nitrogen functional groups attached to an aromatic ring is 1. The monoisotopic (exact) mass is 261 g/mol. The van der Waals surface area contributed by atoms with E-state index < -0.39 is 11.9 Å². The summed E-state index contributed by atoms with van der Waals surface area (Å²) in [4.78, 5) is 21.2. The van der Waals surface area contributed by atoms with E-state index in [0.29, 0.717) is 11.4 Å². The van der Waals surface area contributed by atoms with Crippen molar-refractivity contribution < 1.29 is 19.8 Å². The van der Waals surface area contributed by atoms with Gasteiger partial charge in [-0.3, -0.25) is 4.79 Å². The van der Waals surface area contributed by atoms with Gasteiger partial charge in [0.05, 0.1) is 0 Å². The number of carbonyl (C=O) groups is 2. The molecule has 1 radical (unpaired) electrons. The fourth-order valence-electron chi connectivity index (χ4n) is 0.897. The number of aliphatic hydroxyl groups excluding tert-OH is 1. The van der Waals surface area contributed by atoms with Crippen LogP contribution in [0.4, 0.5) is 11.4 Å². The van der Waals surface area contributed by atoms with Gasteiger partial charge >= 0.3 is 5.97 Å². The molecule has 0 heterocycles. The van der Waals surface area contributed by atoms with Gasteiger partial charge in [-0.25, -0.2) is 4.79 Å². The molecular formula is C11H14N2NaO4. The maximum absolute atomic E-state index is 11.1. The first-order valence-corrected chi connectivity index (χ1v) is 4.60. The summed E-state index contributed by atoms with van der Waals surface area (Å²) < 4.78 is 0. The molecule has 0 saturated heterocycles. The summed E-state index contributed by atoms with van der Waals surface area (Å²) in [6.07, 6.45) is 1.71. The van der Waals surface area contributed by atoms with Crippen molar-refractivity contribution in [3.63, 3.8) is 0 Å². The molecule has 5 N–H and O–H groups in total. The number of hydrogen-bond donors (Lipinski definition) is 4. The number of aliphatic hydroxyl groups is 1. The Labute approximate surface area is 127 Å². The number of carbonyl (C=O) groups excluding carboxylic acids is 1. The van der Waals surface area contributed by atoms with Gasteiger partial charge < -0.3 is 21.3 Å². The summed E-state index contributed by atoms with van der Waals surface area (Å²) in [7, 11) is 1.00. The summed E-state index contributed by atoms with van der Waals surface area (Å²) >= 11 is 0. The van der Waals surface area contributed by atoms with Crippen LogP contribution in [0, 0.1) is 0 Å². The number of aliphatic carboxylic acids is 1. The molecule has 0 unspecified atom stereocenters. The fourth-order valence-corrected chi connectivity index (χ4v) is 0.897. The zero-order valence-corrected chi connectivity index (χ0v) is 12.3. The van der Waals surface area contributed by atoms with Gasteiger partial charge in [0.25, 0.3) is 0 Å². The third kappa shape index (κ3) is 8.77. The van der Waals surface area contributed by atoms with Crippen molar-refractivity contribution in [1.82, 2.24) is 0 Å². The van der Waals surface area contributed by atoms with Crippen LogP contribution < -0.4 is 11.1 Å². The van der Waals surface area contributed by atoms with Crippen molar-refractivity contribution in [2.24, 2.45) is 0 Å². The molecule has 0 aliphatic rings. The van der Waals surface area contributed by atoms with Crippen molar-refractivity contribution in [2.75, 3.05) is 18.2 Å². The van der Waals surface area contributed by atoms with Crippen molar-refractivity contribution in [3.05, 3.63) is 36.4 Å². The van der Waals surface area contributed by atoms with Crippen LogP contribution in [0.25, 0.3) is 0 Å². The largest absolute Gasteiger partial charge is 0.478 e. The van der Waals surface area contributed by atoms with Crippen molar-refractivity contribution in [1.29, 1.82) is 0 Å². The number of benzene rings is 1. The Morgan fingerprint density at radius 2 is 1.67 bits per heavy atom. The second-order valence-electron chi connectivity index (χ2n) is 2.78. The Balaban J connectivity index is 0. The normalized spacial score (nSPS) is 8.78. The summed E-state index contributed by atoms with van der Waals surface area (Å²) in [5.74, 6) is -1.66. The zero-order valence-electron chi connectivity index (χ0n) is 10.3. The SMILES string of the molecule is CO.Nc1ccc(NC(=O)C=CC(=O)O)cc1.[Na]. The number of amides is 1. The molecule has 0 aromatic heterocycles. The fraction of sp³-hybridized carbons (Fsp3) is 0.0909. The molecule has 1 rings (SSSR count). The second-order valence-corrected chi connectivity index (χ2v) is 2.78. The van der Waals surface area contributed by atoms with Gasteiger partial charge in [0, 0.05) is 60.2 Å².